The van der Waals surface area contributed by atoms with E-state index in [0.717, 1.165) is 60.4 Å². The van der Waals surface area contributed by atoms with Crippen LogP contribution >= 0.6 is 0 Å². The van der Waals surface area contributed by atoms with Crippen LogP contribution in [0.5, 0.6) is 11.5 Å². The average Bonchev–Trinajstić information content (AvgIpc) is 3.52. The van der Waals surface area contributed by atoms with Gasteiger partial charge in [-0.3, -0.25) is 4.79 Å². The molecule has 0 saturated carbocycles. The highest BCUT2D eigenvalue weighted by atomic mass is 19.1. The number of hydrogen-bond acceptors (Lipinski definition) is 4. The number of anilines is 1. The van der Waals surface area contributed by atoms with Crippen molar-refractivity contribution >= 4 is 17.2 Å². The quantitative estimate of drug-likeness (QED) is 0.307. The maximum atomic E-state index is 15.0. The zero-order valence-corrected chi connectivity index (χ0v) is 22.9. The first-order valence-corrected chi connectivity index (χ1v) is 13.6. The molecule has 0 spiro atoms. The van der Waals surface area contributed by atoms with Crippen LogP contribution in [0.25, 0.3) is 16.7 Å². The molecule has 1 N–H and O–H groups in total. The SMILES string of the molecule is COc1ccc(F)c(-c2ccc(COc3cccc(N4CCC[C@H]4CC(=O)O)c3)cc2C2=CCCC2(C)C)c1. The fourth-order valence-corrected chi connectivity index (χ4v) is 5.95. The molecule has 3 aromatic rings. The number of nitrogens with zero attached hydrogens (tertiary/aromatic N) is 1. The van der Waals surface area contributed by atoms with Crippen molar-refractivity contribution in [3.63, 3.8) is 0 Å². The topological polar surface area (TPSA) is 59.0 Å². The van der Waals surface area contributed by atoms with Gasteiger partial charge in [-0.2, -0.15) is 0 Å². The summed E-state index contributed by atoms with van der Waals surface area (Å²) in [7, 11) is 1.59. The fourth-order valence-electron chi connectivity index (χ4n) is 5.95. The van der Waals surface area contributed by atoms with Crippen molar-refractivity contribution in [3.8, 4) is 22.6 Å². The van der Waals surface area contributed by atoms with Crippen LogP contribution in [0.1, 0.15) is 57.1 Å². The minimum Gasteiger partial charge on any atom is -0.497 e. The summed E-state index contributed by atoms with van der Waals surface area (Å²) in [6, 6.07) is 18.8. The smallest absolute Gasteiger partial charge is 0.305 e. The van der Waals surface area contributed by atoms with Crippen molar-refractivity contribution in [1.82, 2.24) is 0 Å². The van der Waals surface area contributed by atoms with Gasteiger partial charge < -0.3 is 19.5 Å². The van der Waals surface area contributed by atoms with Crippen molar-refractivity contribution in [2.24, 2.45) is 5.41 Å². The van der Waals surface area contributed by atoms with Crippen molar-refractivity contribution in [2.75, 3.05) is 18.6 Å². The van der Waals surface area contributed by atoms with E-state index in [0.29, 0.717) is 17.9 Å². The summed E-state index contributed by atoms with van der Waals surface area (Å²) in [5.41, 5.74) is 5.58. The van der Waals surface area contributed by atoms with E-state index in [1.54, 1.807) is 19.2 Å². The third kappa shape index (κ3) is 5.80. The largest absolute Gasteiger partial charge is 0.497 e. The highest BCUT2D eigenvalue weighted by Gasteiger charge is 2.31. The molecule has 1 aliphatic carbocycles. The highest BCUT2D eigenvalue weighted by molar-refractivity contribution is 5.85. The van der Waals surface area contributed by atoms with Crippen LogP contribution in [0.3, 0.4) is 0 Å². The van der Waals surface area contributed by atoms with E-state index >= 15 is 4.39 Å². The van der Waals surface area contributed by atoms with Crippen LogP contribution in [0.2, 0.25) is 0 Å². The molecule has 204 valence electrons. The molecule has 1 fully saturated rings. The van der Waals surface area contributed by atoms with Crippen LogP contribution < -0.4 is 14.4 Å². The molecule has 1 saturated heterocycles. The second kappa shape index (κ2) is 11.1. The molecule has 1 heterocycles. The molecular formula is C33H36FNO4. The van der Waals surface area contributed by atoms with Crippen molar-refractivity contribution in [2.45, 2.75) is 58.6 Å². The molecule has 1 atom stereocenters. The Kier molecular flexibility index (Phi) is 7.65. The monoisotopic (exact) mass is 529 g/mol. The molecule has 5 rings (SSSR count). The lowest BCUT2D eigenvalue weighted by Crippen LogP contribution is -2.31. The summed E-state index contributed by atoms with van der Waals surface area (Å²) in [5.74, 6) is 0.302. The van der Waals surface area contributed by atoms with E-state index in [-0.39, 0.29) is 23.7 Å². The van der Waals surface area contributed by atoms with Gasteiger partial charge in [0.05, 0.1) is 13.5 Å². The Morgan fingerprint density at radius 3 is 2.64 bits per heavy atom. The fraction of sp³-hybridized carbons (Fsp3) is 0.364. The molecular weight excluding hydrogens is 493 g/mol. The van der Waals surface area contributed by atoms with Crippen LogP contribution in [-0.4, -0.2) is 30.8 Å². The lowest BCUT2D eigenvalue weighted by Gasteiger charge is -2.26. The summed E-state index contributed by atoms with van der Waals surface area (Å²) in [6.45, 7) is 5.69. The first-order chi connectivity index (χ1) is 18.7. The first-order valence-electron chi connectivity index (χ1n) is 13.6. The predicted molar refractivity (Wildman–Crippen MR) is 153 cm³/mol. The molecule has 1 aliphatic heterocycles. The van der Waals surface area contributed by atoms with Gasteiger partial charge in [0, 0.05) is 29.9 Å². The standard InChI is InChI=1S/C33H36FNO4/c1-33(2)15-5-10-30(33)28-17-22(11-13-27(28)29-20-25(38-3)12-14-31(29)34)21-39-26-9-4-7-23(18-26)35-16-6-8-24(35)19-32(36)37/h4,7,9-14,17-18,20,24H,5-6,8,15-16,19,21H2,1-3H3,(H,36,37)/t24-/m0/s1. The average molecular weight is 530 g/mol. The van der Waals surface area contributed by atoms with Crippen LogP contribution in [-0.2, 0) is 11.4 Å². The lowest BCUT2D eigenvalue weighted by atomic mass is 9.79. The highest BCUT2D eigenvalue weighted by Crippen LogP contribution is 2.47. The number of allylic oxidation sites excluding steroid dienone is 2. The van der Waals surface area contributed by atoms with E-state index in [9.17, 15) is 9.90 Å². The lowest BCUT2D eigenvalue weighted by molar-refractivity contribution is -0.137. The summed E-state index contributed by atoms with van der Waals surface area (Å²) in [5, 5.41) is 9.29. The van der Waals surface area contributed by atoms with Crippen LogP contribution in [0, 0.1) is 11.2 Å². The van der Waals surface area contributed by atoms with Crippen LogP contribution in [0.4, 0.5) is 10.1 Å². The minimum atomic E-state index is -0.770. The number of rotatable bonds is 9. The van der Waals surface area contributed by atoms with Gasteiger partial charge in [-0.15, -0.1) is 0 Å². The third-order valence-electron chi connectivity index (χ3n) is 8.03. The molecule has 2 aliphatic rings. The first kappa shape index (κ1) is 26.8. The Morgan fingerprint density at radius 2 is 1.90 bits per heavy atom. The maximum Gasteiger partial charge on any atom is 0.305 e. The van der Waals surface area contributed by atoms with Gasteiger partial charge in [0.2, 0.25) is 0 Å². The van der Waals surface area contributed by atoms with Gasteiger partial charge in [-0.05, 0) is 89.8 Å². The number of aliphatic carboxylic acids is 1. The Morgan fingerprint density at radius 1 is 1.05 bits per heavy atom. The zero-order chi connectivity index (χ0) is 27.6. The minimum absolute atomic E-state index is 0.00731. The molecule has 0 bridgehead atoms. The van der Waals surface area contributed by atoms with E-state index in [1.807, 2.05) is 36.4 Å². The number of halogens is 1. The number of carboxylic acids is 1. The third-order valence-corrected chi connectivity index (χ3v) is 8.03. The predicted octanol–water partition coefficient (Wildman–Crippen LogP) is 7.73. The summed E-state index contributed by atoms with van der Waals surface area (Å²) in [6.07, 6.45) is 6.32. The summed E-state index contributed by atoms with van der Waals surface area (Å²) in [4.78, 5) is 13.5. The number of carbonyl (C=O) groups is 1. The van der Waals surface area contributed by atoms with Gasteiger partial charge in [0.1, 0.15) is 23.9 Å². The molecule has 6 heteroatoms. The molecule has 39 heavy (non-hydrogen) atoms. The van der Waals surface area contributed by atoms with Crippen molar-refractivity contribution in [3.05, 3.63) is 83.7 Å². The van der Waals surface area contributed by atoms with Gasteiger partial charge >= 0.3 is 5.97 Å². The van der Waals surface area contributed by atoms with Gasteiger partial charge in [0.15, 0.2) is 0 Å². The molecule has 0 amide bonds. The Hall–Kier alpha value is -3.80. The van der Waals surface area contributed by atoms with E-state index in [1.165, 1.54) is 11.6 Å². The molecule has 3 aromatic carbocycles. The van der Waals surface area contributed by atoms with E-state index in [2.05, 4.69) is 30.9 Å². The molecule has 5 nitrogen and oxygen atoms in total. The zero-order valence-electron chi connectivity index (χ0n) is 22.9. The number of ether oxygens (including phenoxy) is 2. The van der Waals surface area contributed by atoms with Gasteiger partial charge in [-0.25, -0.2) is 4.39 Å². The Balaban J connectivity index is 1.42. The van der Waals surface area contributed by atoms with Crippen LogP contribution in [0.15, 0.2) is 66.7 Å². The number of benzene rings is 3. The maximum absolute atomic E-state index is 15.0. The number of carboxylic acid groups (broad SMARTS) is 1. The van der Waals surface area contributed by atoms with E-state index < -0.39 is 5.97 Å². The second-order valence-electron chi connectivity index (χ2n) is 11.1. The van der Waals surface area contributed by atoms with Gasteiger partial charge in [-0.1, -0.05) is 38.1 Å². The molecule has 0 unspecified atom stereocenters. The summed E-state index contributed by atoms with van der Waals surface area (Å²) >= 11 is 0. The van der Waals surface area contributed by atoms with Crippen molar-refractivity contribution < 1.29 is 23.8 Å². The summed E-state index contributed by atoms with van der Waals surface area (Å²) < 4.78 is 26.7. The normalized spacial score (nSPS) is 18.2. The Bertz CT molecular complexity index is 1400. The van der Waals surface area contributed by atoms with E-state index in [4.69, 9.17) is 9.47 Å². The number of hydrogen-bond donors (Lipinski definition) is 1. The van der Waals surface area contributed by atoms with Crippen molar-refractivity contribution in [1.29, 1.82) is 0 Å². The number of methoxy groups -OCH3 is 1. The second-order valence-corrected chi connectivity index (χ2v) is 11.1. The Labute approximate surface area is 229 Å². The molecule has 0 radical (unpaired) electrons. The molecule has 0 aromatic heterocycles. The van der Waals surface area contributed by atoms with Gasteiger partial charge in [0.25, 0.3) is 0 Å².